The van der Waals surface area contributed by atoms with Crippen LogP contribution in [0.4, 0.5) is 0 Å². The van der Waals surface area contributed by atoms with Gasteiger partial charge in [0.1, 0.15) is 5.75 Å². The molecule has 0 bridgehead atoms. The van der Waals surface area contributed by atoms with E-state index in [1.165, 1.54) is 0 Å². The average molecular weight is 316 g/mol. The summed E-state index contributed by atoms with van der Waals surface area (Å²) in [7, 11) is 1.59. The first-order valence-corrected chi connectivity index (χ1v) is 7.20. The highest BCUT2D eigenvalue weighted by Gasteiger charge is 2.19. The minimum absolute atomic E-state index is 0.239. The van der Waals surface area contributed by atoms with Gasteiger partial charge in [-0.25, -0.2) is 0 Å². The Morgan fingerprint density at radius 2 is 2.05 bits per heavy atom. The second-order valence-electron chi connectivity index (χ2n) is 4.96. The molecule has 0 N–H and O–H groups in total. The molecule has 2 aromatic carbocycles. The number of nitriles is 1. The molecule has 0 amide bonds. The molecule has 0 saturated carbocycles. The number of hydrogen-bond acceptors (Lipinski definition) is 4. The lowest BCUT2D eigenvalue weighted by molar-refractivity contribution is 0.174. The summed E-state index contributed by atoms with van der Waals surface area (Å²) in [5.74, 6) is 1.76. The van der Waals surface area contributed by atoms with Crippen LogP contribution in [0, 0.1) is 11.3 Å². The van der Waals surface area contributed by atoms with Gasteiger partial charge in [-0.2, -0.15) is 5.26 Å². The third kappa shape index (κ3) is 2.81. The lowest BCUT2D eigenvalue weighted by atomic mass is 9.92. The molecule has 1 unspecified atom stereocenters. The predicted octanol–water partition coefficient (Wildman–Crippen LogP) is 3.93. The summed E-state index contributed by atoms with van der Waals surface area (Å²) >= 11 is 6.05. The zero-order valence-corrected chi connectivity index (χ0v) is 12.8. The second-order valence-corrected chi connectivity index (χ2v) is 5.40. The quantitative estimate of drug-likeness (QED) is 0.858. The van der Waals surface area contributed by atoms with Crippen molar-refractivity contribution in [2.45, 2.75) is 12.3 Å². The van der Waals surface area contributed by atoms with Crippen molar-refractivity contribution in [2.24, 2.45) is 0 Å². The van der Waals surface area contributed by atoms with E-state index in [0.717, 1.165) is 16.9 Å². The van der Waals surface area contributed by atoms with Crippen LogP contribution in [0.2, 0.25) is 5.02 Å². The first-order valence-electron chi connectivity index (χ1n) is 6.83. The molecule has 2 aromatic rings. The van der Waals surface area contributed by atoms with Crippen molar-refractivity contribution in [3.05, 3.63) is 52.5 Å². The van der Waals surface area contributed by atoms with Crippen molar-refractivity contribution in [3.8, 4) is 23.3 Å². The van der Waals surface area contributed by atoms with E-state index in [1.807, 2.05) is 18.2 Å². The van der Waals surface area contributed by atoms with Crippen molar-refractivity contribution in [2.75, 3.05) is 13.9 Å². The summed E-state index contributed by atoms with van der Waals surface area (Å²) < 4.78 is 16.0. The van der Waals surface area contributed by atoms with Gasteiger partial charge >= 0.3 is 0 Å². The maximum absolute atomic E-state index is 9.54. The molecule has 0 aliphatic carbocycles. The molecule has 1 aliphatic heterocycles. The van der Waals surface area contributed by atoms with Crippen LogP contribution in [0.5, 0.6) is 17.2 Å². The van der Waals surface area contributed by atoms with Crippen LogP contribution < -0.4 is 14.2 Å². The fraction of sp³-hybridized carbons (Fsp3) is 0.235. The molecule has 1 atom stereocenters. The minimum Gasteiger partial charge on any atom is -0.496 e. The van der Waals surface area contributed by atoms with Crippen LogP contribution in [-0.4, -0.2) is 13.9 Å². The molecule has 3 rings (SSSR count). The van der Waals surface area contributed by atoms with Gasteiger partial charge in [-0.1, -0.05) is 17.7 Å². The molecular weight excluding hydrogens is 302 g/mol. The van der Waals surface area contributed by atoms with Crippen molar-refractivity contribution < 1.29 is 14.2 Å². The highest BCUT2D eigenvalue weighted by molar-refractivity contribution is 6.30. The largest absolute Gasteiger partial charge is 0.496 e. The number of benzene rings is 2. The smallest absolute Gasteiger partial charge is 0.231 e. The van der Waals surface area contributed by atoms with E-state index in [9.17, 15) is 5.26 Å². The van der Waals surface area contributed by atoms with E-state index in [-0.39, 0.29) is 12.7 Å². The van der Waals surface area contributed by atoms with Crippen LogP contribution in [0.3, 0.4) is 0 Å². The van der Waals surface area contributed by atoms with Gasteiger partial charge in [0, 0.05) is 10.6 Å². The zero-order valence-electron chi connectivity index (χ0n) is 12.0. The third-order valence-electron chi connectivity index (χ3n) is 3.60. The van der Waals surface area contributed by atoms with Gasteiger partial charge in [-0.15, -0.1) is 0 Å². The van der Waals surface area contributed by atoms with Crippen molar-refractivity contribution >= 4 is 11.6 Å². The van der Waals surface area contributed by atoms with Crippen LogP contribution in [0.1, 0.15) is 17.0 Å². The summed E-state index contributed by atoms with van der Waals surface area (Å²) in [6.45, 7) is 0.239. The Bertz CT molecular complexity index is 739. The lowest BCUT2D eigenvalue weighted by Crippen LogP contribution is -2.03. The van der Waals surface area contributed by atoms with E-state index in [2.05, 4.69) is 6.07 Å². The number of ether oxygens (including phenoxy) is 3. The Morgan fingerprint density at radius 3 is 2.82 bits per heavy atom. The number of methoxy groups -OCH3 is 1. The number of hydrogen-bond donors (Lipinski definition) is 0. The van der Waals surface area contributed by atoms with Gasteiger partial charge in [0.15, 0.2) is 11.5 Å². The molecule has 112 valence electrons. The molecule has 1 aliphatic rings. The van der Waals surface area contributed by atoms with E-state index >= 15 is 0 Å². The molecule has 4 nitrogen and oxygen atoms in total. The molecule has 0 radical (unpaired) electrons. The fourth-order valence-corrected chi connectivity index (χ4v) is 2.69. The zero-order chi connectivity index (χ0) is 15.5. The fourth-order valence-electron chi connectivity index (χ4n) is 2.51. The number of rotatable bonds is 4. The SMILES string of the molecule is COc1ccc(Cl)cc1C(C#N)Cc1ccc2c(c1)OCO2. The van der Waals surface area contributed by atoms with Crippen LogP contribution in [0.25, 0.3) is 0 Å². The van der Waals surface area contributed by atoms with Crippen LogP contribution in [-0.2, 0) is 6.42 Å². The van der Waals surface area contributed by atoms with Crippen molar-refractivity contribution in [1.29, 1.82) is 5.26 Å². The monoisotopic (exact) mass is 315 g/mol. The molecule has 0 spiro atoms. The molecule has 0 aromatic heterocycles. The van der Waals surface area contributed by atoms with Crippen molar-refractivity contribution in [3.63, 3.8) is 0 Å². The maximum atomic E-state index is 9.54. The van der Waals surface area contributed by atoms with E-state index in [4.69, 9.17) is 25.8 Å². The van der Waals surface area contributed by atoms with E-state index < -0.39 is 0 Å². The van der Waals surface area contributed by atoms with Gasteiger partial charge < -0.3 is 14.2 Å². The lowest BCUT2D eigenvalue weighted by Gasteiger charge is -2.14. The summed E-state index contributed by atoms with van der Waals surface area (Å²) in [5.41, 5.74) is 1.79. The number of fused-ring (bicyclic) bond motifs is 1. The molecule has 1 heterocycles. The first-order chi connectivity index (χ1) is 10.7. The van der Waals surface area contributed by atoms with Gasteiger partial charge in [0.2, 0.25) is 6.79 Å². The predicted molar refractivity (Wildman–Crippen MR) is 82.6 cm³/mol. The third-order valence-corrected chi connectivity index (χ3v) is 3.83. The Morgan fingerprint density at radius 1 is 1.23 bits per heavy atom. The Kier molecular flexibility index (Phi) is 4.08. The molecule has 5 heteroatoms. The Hall–Kier alpha value is -2.38. The molecule has 0 fully saturated rings. The second kappa shape index (κ2) is 6.17. The molecular formula is C17H14ClNO3. The topological polar surface area (TPSA) is 51.5 Å². The van der Waals surface area contributed by atoms with Crippen LogP contribution in [0.15, 0.2) is 36.4 Å². The van der Waals surface area contributed by atoms with E-state index in [1.54, 1.807) is 25.3 Å². The summed E-state index contributed by atoms with van der Waals surface area (Å²) in [4.78, 5) is 0. The minimum atomic E-state index is -0.353. The van der Waals surface area contributed by atoms with Gasteiger partial charge in [0.05, 0.1) is 19.1 Å². The van der Waals surface area contributed by atoms with E-state index in [0.29, 0.717) is 22.9 Å². The van der Waals surface area contributed by atoms with Crippen molar-refractivity contribution in [1.82, 2.24) is 0 Å². The normalized spacial score (nSPS) is 13.5. The maximum Gasteiger partial charge on any atom is 0.231 e. The Balaban J connectivity index is 1.89. The summed E-state index contributed by atoms with van der Waals surface area (Å²) in [5, 5.41) is 10.1. The molecule has 22 heavy (non-hydrogen) atoms. The number of nitrogens with zero attached hydrogens (tertiary/aromatic N) is 1. The van der Waals surface area contributed by atoms with Gasteiger partial charge in [-0.05, 0) is 42.3 Å². The van der Waals surface area contributed by atoms with Gasteiger partial charge in [-0.3, -0.25) is 0 Å². The standard InChI is InChI=1S/C17H14ClNO3/c1-20-15-5-3-13(18)8-14(15)12(9-19)6-11-2-4-16-17(7-11)22-10-21-16/h2-5,7-8,12H,6,10H2,1H3. The van der Waals surface area contributed by atoms with Gasteiger partial charge in [0.25, 0.3) is 0 Å². The average Bonchev–Trinajstić information content (AvgIpc) is 3.00. The summed E-state index contributed by atoms with van der Waals surface area (Å²) in [6, 6.07) is 13.3. The Labute approximate surface area is 133 Å². The number of halogens is 1. The molecule has 0 saturated heterocycles. The highest BCUT2D eigenvalue weighted by Crippen LogP contribution is 2.36. The van der Waals surface area contributed by atoms with Crippen LogP contribution >= 0.6 is 11.6 Å². The first kappa shape index (κ1) is 14.6. The summed E-state index contributed by atoms with van der Waals surface area (Å²) in [6.07, 6.45) is 0.545. The highest BCUT2D eigenvalue weighted by atomic mass is 35.5.